The van der Waals surface area contributed by atoms with E-state index in [9.17, 15) is 22.0 Å². The summed E-state index contributed by atoms with van der Waals surface area (Å²) >= 11 is 0. The number of benzene rings is 2. The van der Waals surface area contributed by atoms with Gasteiger partial charge >= 0.3 is 0 Å². The molecule has 1 N–H and O–H groups in total. The molecule has 27 heavy (non-hydrogen) atoms. The summed E-state index contributed by atoms with van der Waals surface area (Å²) in [6.45, 7) is 2.56. The van der Waals surface area contributed by atoms with Crippen molar-refractivity contribution in [3.05, 3.63) is 59.2 Å². The van der Waals surface area contributed by atoms with Gasteiger partial charge in [0.15, 0.2) is 11.6 Å². The van der Waals surface area contributed by atoms with Crippen molar-refractivity contribution in [2.24, 2.45) is 0 Å². The zero-order chi connectivity index (χ0) is 19.6. The van der Waals surface area contributed by atoms with Crippen molar-refractivity contribution in [1.29, 1.82) is 0 Å². The van der Waals surface area contributed by atoms with Gasteiger partial charge in [-0.3, -0.25) is 4.79 Å². The first-order valence-corrected chi connectivity index (χ1v) is 10.1. The fourth-order valence-corrected chi connectivity index (χ4v) is 4.83. The number of amides is 1. The molecule has 1 fully saturated rings. The number of nitrogens with one attached hydrogen (secondary N) is 1. The number of carbonyl (C=O) groups is 1. The lowest BCUT2D eigenvalue weighted by Crippen LogP contribution is -2.36. The van der Waals surface area contributed by atoms with E-state index in [1.54, 1.807) is 6.92 Å². The minimum absolute atomic E-state index is 0.0526. The molecule has 3 rings (SSSR count). The molecule has 0 radical (unpaired) electrons. The van der Waals surface area contributed by atoms with Gasteiger partial charge in [-0.2, -0.15) is 4.31 Å². The molecule has 0 atom stereocenters. The summed E-state index contributed by atoms with van der Waals surface area (Å²) in [7, 11) is -3.72. The van der Waals surface area contributed by atoms with Crippen molar-refractivity contribution in [2.45, 2.75) is 31.1 Å². The molecule has 144 valence electrons. The van der Waals surface area contributed by atoms with E-state index in [4.69, 9.17) is 0 Å². The van der Waals surface area contributed by atoms with Gasteiger partial charge in [0.05, 0.1) is 10.6 Å². The molecule has 1 heterocycles. The maximum Gasteiger partial charge on any atom is 0.255 e. The Morgan fingerprint density at radius 1 is 1.07 bits per heavy atom. The third kappa shape index (κ3) is 4.01. The highest BCUT2D eigenvalue weighted by Crippen LogP contribution is 2.25. The molecule has 2 aromatic carbocycles. The standard InChI is InChI=1S/C19H20F2N2O3S/c1-13-8-9-14(19(24)22-16-7-5-6-15(20)18(16)21)12-17(13)27(25,26)23-10-3-2-4-11-23/h5-9,12H,2-4,10-11H2,1H3,(H,22,24). The van der Waals surface area contributed by atoms with Crippen LogP contribution in [0.15, 0.2) is 41.3 Å². The minimum atomic E-state index is -3.72. The molecule has 0 saturated carbocycles. The largest absolute Gasteiger partial charge is 0.319 e. The lowest BCUT2D eigenvalue weighted by molar-refractivity contribution is 0.102. The number of anilines is 1. The SMILES string of the molecule is Cc1ccc(C(=O)Nc2cccc(F)c2F)cc1S(=O)(=O)N1CCCCC1. The highest BCUT2D eigenvalue weighted by molar-refractivity contribution is 7.89. The third-order valence-corrected chi connectivity index (χ3v) is 6.62. The Bertz CT molecular complexity index is 971. The van der Waals surface area contributed by atoms with Gasteiger partial charge in [0.25, 0.3) is 5.91 Å². The van der Waals surface area contributed by atoms with E-state index in [1.165, 1.54) is 34.6 Å². The minimum Gasteiger partial charge on any atom is -0.319 e. The first kappa shape index (κ1) is 19.4. The predicted octanol–water partition coefficient (Wildman–Crippen LogP) is 3.70. The molecular formula is C19H20F2N2O3S. The Kier molecular flexibility index (Phi) is 5.57. The van der Waals surface area contributed by atoms with Crippen molar-refractivity contribution in [1.82, 2.24) is 4.31 Å². The number of sulfonamides is 1. The second-order valence-electron chi connectivity index (χ2n) is 6.50. The highest BCUT2D eigenvalue weighted by atomic mass is 32.2. The van der Waals surface area contributed by atoms with Gasteiger partial charge in [-0.1, -0.05) is 18.6 Å². The van der Waals surface area contributed by atoms with Crippen LogP contribution < -0.4 is 5.32 Å². The van der Waals surface area contributed by atoms with Crippen molar-refractivity contribution in [3.63, 3.8) is 0 Å². The lowest BCUT2D eigenvalue weighted by Gasteiger charge is -2.26. The molecule has 0 bridgehead atoms. The van der Waals surface area contributed by atoms with Crippen LogP contribution in [0.2, 0.25) is 0 Å². The molecule has 5 nitrogen and oxygen atoms in total. The highest BCUT2D eigenvalue weighted by Gasteiger charge is 2.28. The van der Waals surface area contributed by atoms with Crippen LogP contribution in [0.1, 0.15) is 35.2 Å². The lowest BCUT2D eigenvalue weighted by atomic mass is 10.1. The van der Waals surface area contributed by atoms with Crippen molar-refractivity contribution in [3.8, 4) is 0 Å². The second kappa shape index (κ2) is 7.74. The summed E-state index contributed by atoms with van der Waals surface area (Å²) in [5.41, 5.74) is 0.273. The number of halogens is 2. The Morgan fingerprint density at radius 2 is 1.78 bits per heavy atom. The molecule has 0 unspecified atom stereocenters. The van der Waals surface area contributed by atoms with E-state index in [0.717, 1.165) is 25.3 Å². The third-order valence-electron chi connectivity index (χ3n) is 4.58. The number of nitrogens with zero attached hydrogens (tertiary/aromatic N) is 1. The first-order chi connectivity index (χ1) is 12.8. The molecule has 2 aromatic rings. The molecule has 8 heteroatoms. The predicted molar refractivity (Wildman–Crippen MR) is 98.1 cm³/mol. The Hall–Kier alpha value is -2.32. The van der Waals surface area contributed by atoms with E-state index in [0.29, 0.717) is 18.7 Å². The van der Waals surface area contributed by atoms with Gasteiger partial charge < -0.3 is 5.32 Å². The van der Waals surface area contributed by atoms with E-state index in [2.05, 4.69) is 5.32 Å². The second-order valence-corrected chi connectivity index (χ2v) is 8.41. The van der Waals surface area contributed by atoms with Crippen LogP contribution in [-0.2, 0) is 10.0 Å². The molecule has 0 aromatic heterocycles. The molecule has 1 aliphatic rings. The zero-order valence-electron chi connectivity index (χ0n) is 14.8. The average molecular weight is 394 g/mol. The Labute approximate surface area is 157 Å². The summed E-state index contributed by atoms with van der Waals surface area (Å²) in [4.78, 5) is 12.5. The van der Waals surface area contributed by atoms with Gasteiger partial charge in [0, 0.05) is 18.7 Å². The normalized spacial score (nSPS) is 15.5. The van der Waals surface area contributed by atoms with Crippen molar-refractivity contribution >= 4 is 21.6 Å². The van der Waals surface area contributed by atoms with Crippen LogP contribution in [0.5, 0.6) is 0 Å². The molecule has 1 amide bonds. The smallest absolute Gasteiger partial charge is 0.255 e. The number of rotatable bonds is 4. The maximum atomic E-state index is 13.8. The Balaban J connectivity index is 1.90. The summed E-state index contributed by atoms with van der Waals surface area (Å²) in [5.74, 6) is -2.96. The van der Waals surface area contributed by atoms with Crippen LogP contribution in [0.25, 0.3) is 0 Å². The number of hydrogen-bond acceptors (Lipinski definition) is 3. The van der Waals surface area contributed by atoms with E-state index >= 15 is 0 Å². The Morgan fingerprint density at radius 3 is 2.48 bits per heavy atom. The summed E-state index contributed by atoms with van der Waals surface area (Å²) in [6.07, 6.45) is 2.60. The fraction of sp³-hybridized carbons (Fsp3) is 0.316. The monoisotopic (exact) mass is 394 g/mol. The van der Waals surface area contributed by atoms with Gasteiger partial charge in [-0.05, 0) is 49.6 Å². The van der Waals surface area contributed by atoms with E-state index in [-0.39, 0.29) is 16.1 Å². The summed E-state index contributed by atoms with van der Waals surface area (Å²) in [6, 6.07) is 7.72. The topological polar surface area (TPSA) is 66.5 Å². The fourth-order valence-electron chi connectivity index (χ4n) is 3.06. The van der Waals surface area contributed by atoms with E-state index < -0.39 is 27.6 Å². The van der Waals surface area contributed by atoms with Crippen LogP contribution in [0.4, 0.5) is 14.5 Å². The number of piperidine rings is 1. The average Bonchev–Trinajstić information content (AvgIpc) is 2.66. The number of carbonyl (C=O) groups excluding carboxylic acids is 1. The van der Waals surface area contributed by atoms with Gasteiger partial charge in [-0.25, -0.2) is 17.2 Å². The summed E-state index contributed by atoms with van der Waals surface area (Å²) in [5, 5.41) is 2.28. The van der Waals surface area contributed by atoms with Gasteiger partial charge in [-0.15, -0.1) is 0 Å². The van der Waals surface area contributed by atoms with Crippen LogP contribution >= 0.6 is 0 Å². The number of aryl methyl sites for hydroxylation is 1. The van der Waals surface area contributed by atoms with Crippen molar-refractivity contribution < 1.29 is 22.0 Å². The van der Waals surface area contributed by atoms with Gasteiger partial charge in [0.2, 0.25) is 10.0 Å². The molecule has 0 spiro atoms. The first-order valence-electron chi connectivity index (χ1n) is 8.67. The molecule has 0 aliphatic carbocycles. The summed E-state index contributed by atoms with van der Waals surface area (Å²) < 4.78 is 54.3. The van der Waals surface area contributed by atoms with E-state index in [1.807, 2.05) is 0 Å². The molecular weight excluding hydrogens is 374 g/mol. The van der Waals surface area contributed by atoms with Gasteiger partial charge in [0.1, 0.15) is 0 Å². The van der Waals surface area contributed by atoms with Crippen molar-refractivity contribution in [2.75, 3.05) is 18.4 Å². The number of hydrogen-bond donors (Lipinski definition) is 1. The quantitative estimate of drug-likeness (QED) is 0.860. The van der Waals surface area contributed by atoms with Crippen LogP contribution in [-0.4, -0.2) is 31.7 Å². The molecule has 1 aliphatic heterocycles. The van der Waals surface area contributed by atoms with Crippen LogP contribution in [0, 0.1) is 18.6 Å². The molecule has 1 saturated heterocycles. The van der Waals surface area contributed by atoms with Crippen LogP contribution in [0.3, 0.4) is 0 Å². The zero-order valence-corrected chi connectivity index (χ0v) is 15.7. The maximum absolute atomic E-state index is 13.8.